The number of para-hydroxylation sites is 1. The Labute approximate surface area is 89.7 Å². The van der Waals surface area contributed by atoms with E-state index in [0.717, 1.165) is 18.6 Å². The number of benzene rings is 1. The summed E-state index contributed by atoms with van der Waals surface area (Å²) < 4.78 is 5.38. The third kappa shape index (κ3) is 2.72. The van der Waals surface area contributed by atoms with E-state index >= 15 is 0 Å². The van der Waals surface area contributed by atoms with Crippen molar-refractivity contribution in [1.29, 1.82) is 0 Å². The Morgan fingerprint density at radius 3 is 2.67 bits per heavy atom. The van der Waals surface area contributed by atoms with Gasteiger partial charge in [-0.15, -0.1) is 0 Å². The molecule has 0 aliphatic heterocycles. The highest BCUT2D eigenvalue weighted by Crippen LogP contribution is 2.25. The Kier molecular flexibility index (Phi) is 2.90. The van der Waals surface area contributed by atoms with Crippen LogP contribution in [0.1, 0.15) is 12.8 Å². The predicted octanol–water partition coefficient (Wildman–Crippen LogP) is 1.69. The average molecular weight is 205 g/mol. The molecule has 1 amide bonds. The van der Waals surface area contributed by atoms with Gasteiger partial charge in [-0.1, -0.05) is 18.2 Å². The summed E-state index contributed by atoms with van der Waals surface area (Å²) in [7, 11) is 1.84. The molecule has 0 bridgehead atoms. The summed E-state index contributed by atoms with van der Waals surface area (Å²) in [5, 5.41) is 0. The van der Waals surface area contributed by atoms with E-state index in [1.54, 1.807) is 4.90 Å². The SMILES string of the molecule is CN(C(=O)COc1ccccc1)C1CC1. The smallest absolute Gasteiger partial charge is 0.260 e. The highest BCUT2D eigenvalue weighted by Gasteiger charge is 2.29. The summed E-state index contributed by atoms with van der Waals surface area (Å²) in [4.78, 5) is 13.4. The number of nitrogens with zero attached hydrogens (tertiary/aromatic N) is 1. The number of likely N-dealkylation sites (N-methyl/N-ethyl adjacent to an activating group) is 1. The summed E-state index contributed by atoms with van der Waals surface area (Å²) >= 11 is 0. The molecular weight excluding hydrogens is 190 g/mol. The molecule has 0 radical (unpaired) electrons. The molecule has 15 heavy (non-hydrogen) atoms. The number of amides is 1. The van der Waals surface area contributed by atoms with Gasteiger partial charge in [0.2, 0.25) is 0 Å². The van der Waals surface area contributed by atoms with Crippen LogP contribution in [0.15, 0.2) is 30.3 Å². The van der Waals surface area contributed by atoms with Gasteiger partial charge in [0.1, 0.15) is 5.75 Å². The Bertz CT molecular complexity index is 333. The van der Waals surface area contributed by atoms with Gasteiger partial charge in [-0.3, -0.25) is 4.79 Å². The fourth-order valence-electron chi connectivity index (χ4n) is 1.43. The monoisotopic (exact) mass is 205 g/mol. The van der Waals surface area contributed by atoms with Gasteiger partial charge in [-0.2, -0.15) is 0 Å². The second kappa shape index (κ2) is 4.34. The lowest BCUT2D eigenvalue weighted by molar-refractivity contribution is -0.132. The van der Waals surface area contributed by atoms with E-state index in [4.69, 9.17) is 4.74 Å². The summed E-state index contributed by atoms with van der Waals surface area (Å²) in [5.41, 5.74) is 0. The topological polar surface area (TPSA) is 29.5 Å². The van der Waals surface area contributed by atoms with Crippen LogP contribution >= 0.6 is 0 Å². The minimum atomic E-state index is 0.0568. The van der Waals surface area contributed by atoms with Gasteiger partial charge < -0.3 is 9.64 Å². The van der Waals surface area contributed by atoms with Crippen molar-refractivity contribution in [2.75, 3.05) is 13.7 Å². The fraction of sp³-hybridized carbons (Fsp3) is 0.417. The minimum absolute atomic E-state index is 0.0568. The molecule has 3 nitrogen and oxygen atoms in total. The fourth-order valence-corrected chi connectivity index (χ4v) is 1.43. The summed E-state index contributed by atoms with van der Waals surface area (Å²) in [6.45, 7) is 0.136. The standard InChI is InChI=1S/C12H15NO2/c1-13(10-7-8-10)12(14)9-15-11-5-3-2-4-6-11/h2-6,10H,7-9H2,1H3. The van der Waals surface area contributed by atoms with Gasteiger partial charge >= 0.3 is 0 Å². The van der Waals surface area contributed by atoms with Crippen molar-refractivity contribution in [3.63, 3.8) is 0 Å². The molecule has 1 fully saturated rings. The van der Waals surface area contributed by atoms with E-state index in [1.807, 2.05) is 37.4 Å². The molecule has 3 heteroatoms. The molecule has 0 aromatic heterocycles. The van der Waals surface area contributed by atoms with Gasteiger partial charge in [0.25, 0.3) is 5.91 Å². The third-order valence-electron chi connectivity index (χ3n) is 2.59. The second-order valence-electron chi connectivity index (χ2n) is 3.84. The first kappa shape index (κ1) is 10.0. The molecule has 2 rings (SSSR count). The highest BCUT2D eigenvalue weighted by atomic mass is 16.5. The van der Waals surface area contributed by atoms with E-state index < -0.39 is 0 Å². The molecule has 0 heterocycles. The normalized spacial score (nSPS) is 14.7. The first-order valence-corrected chi connectivity index (χ1v) is 5.21. The lowest BCUT2D eigenvalue weighted by atomic mass is 10.3. The van der Waals surface area contributed by atoms with Crippen LogP contribution in [0.3, 0.4) is 0 Å². The van der Waals surface area contributed by atoms with E-state index in [-0.39, 0.29) is 12.5 Å². The van der Waals surface area contributed by atoms with E-state index in [2.05, 4.69) is 0 Å². The molecule has 0 saturated heterocycles. The Morgan fingerprint density at radius 2 is 2.07 bits per heavy atom. The zero-order valence-corrected chi connectivity index (χ0v) is 8.85. The van der Waals surface area contributed by atoms with Crippen molar-refractivity contribution in [3.05, 3.63) is 30.3 Å². The van der Waals surface area contributed by atoms with Crippen LogP contribution in [0, 0.1) is 0 Å². The molecule has 80 valence electrons. The molecule has 0 atom stereocenters. The number of hydrogen-bond acceptors (Lipinski definition) is 2. The van der Waals surface area contributed by atoms with Gasteiger partial charge in [0.15, 0.2) is 6.61 Å². The predicted molar refractivity (Wildman–Crippen MR) is 57.7 cm³/mol. The van der Waals surface area contributed by atoms with Crippen LogP contribution in [0.2, 0.25) is 0 Å². The quantitative estimate of drug-likeness (QED) is 0.748. The summed E-state index contributed by atoms with van der Waals surface area (Å²) in [5.74, 6) is 0.802. The van der Waals surface area contributed by atoms with Crippen LogP contribution in [-0.4, -0.2) is 30.5 Å². The van der Waals surface area contributed by atoms with Crippen molar-refractivity contribution in [2.45, 2.75) is 18.9 Å². The maximum atomic E-state index is 11.6. The molecule has 0 N–H and O–H groups in total. The summed E-state index contributed by atoms with van der Waals surface area (Å²) in [6, 6.07) is 9.87. The number of hydrogen-bond donors (Lipinski definition) is 0. The van der Waals surface area contributed by atoms with Crippen molar-refractivity contribution in [3.8, 4) is 5.75 Å². The Hall–Kier alpha value is -1.51. The molecular formula is C12H15NO2. The maximum Gasteiger partial charge on any atom is 0.260 e. The van der Waals surface area contributed by atoms with Gasteiger partial charge in [0.05, 0.1) is 0 Å². The lowest BCUT2D eigenvalue weighted by Crippen LogP contribution is -2.33. The average Bonchev–Trinajstić information content (AvgIpc) is 3.10. The summed E-state index contributed by atoms with van der Waals surface area (Å²) in [6.07, 6.45) is 2.27. The van der Waals surface area contributed by atoms with Crippen LogP contribution in [0.4, 0.5) is 0 Å². The van der Waals surface area contributed by atoms with Crippen molar-refractivity contribution < 1.29 is 9.53 Å². The van der Waals surface area contributed by atoms with Gasteiger partial charge in [0, 0.05) is 13.1 Å². The molecule has 1 aromatic carbocycles. The van der Waals surface area contributed by atoms with Crippen LogP contribution < -0.4 is 4.74 Å². The number of carbonyl (C=O) groups excluding carboxylic acids is 1. The Morgan fingerprint density at radius 1 is 1.40 bits per heavy atom. The van der Waals surface area contributed by atoms with Crippen LogP contribution in [0.25, 0.3) is 0 Å². The zero-order valence-electron chi connectivity index (χ0n) is 8.85. The molecule has 1 saturated carbocycles. The van der Waals surface area contributed by atoms with Crippen LogP contribution in [0.5, 0.6) is 5.75 Å². The first-order chi connectivity index (χ1) is 7.27. The van der Waals surface area contributed by atoms with Gasteiger partial charge in [-0.05, 0) is 25.0 Å². The van der Waals surface area contributed by atoms with E-state index in [0.29, 0.717) is 6.04 Å². The number of carbonyl (C=O) groups is 1. The highest BCUT2D eigenvalue weighted by molar-refractivity contribution is 5.78. The second-order valence-corrected chi connectivity index (χ2v) is 3.84. The van der Waals surface area contributed by atoms with Gasteiger partial charge in [-0.25, -0.2) is 0 Å². The number of ether oxygens (including phenoxy) is 1. The third-order valence-corrected chi connectivity index (χ3v) is 2.59. The largest absolute Gasteiger partial charge is 0.484 e. The van der Waals surface area contributed by atoms with Crippen molar-refractivity contribution in [1.82, 2.24) is 4.90 Å². The molecule has 1 aliphatic carbocycles. The van der Waals surface area contributed by atoms with Crippen LogP contribution in [-0.2, 0) is 4.79 Å². The zero-order chi connectivity index (χ0) is 10.7. The Balaban J connectivity index is 1.80. The van der Waals surface area contributed by atoms with Crippen molar-refractivity contribution >= 4 is 5.91 Å². The molecule has 1 aromatic rings. The molecule has 0 unspecified atom stereocenters. The minimum Gasteiger partial charge on any atom is -0.484 e. The maximum absolute atomic E-state index is 11.6. The first-order valence-electron chi connectivity index (χ1n) is 5.21. The van der Waals surface area contributed by atoms with E-state index in [1.165, 1.54) is 0 Å². The lowest BCUT2D eigenvalue weighted by Gasteiger charge is -2.16. The molecule has 0 spiro atoms. The number of rotatable bonds is 4. The molecule has 1 aliphatic rings. The van der Waals surface area contributed by atoms with Crippen molar-refractivity contribution in [2.24, 2.45) is 0 Å². The van der Waals surface area contributed by atoms with E-state index in [9.17, 15) is 4.79 Å².